The maximum Gasteiger partial charge on any atom is 0.408 e. The van der Waals surface area contributed by atoms with E-state index in [2.05, 4.69) is 5.32 Å². The van der Waals surface area contributed by atoms with Gasteiger partial charge in [-0.3, -0.25) is 0 Å². The number of hydrogen-bond donors (Lipinski definition) is 2. The first-order chi connectivity index (χ1) is 7.30. The molecule has 5 nitrogen and oxygen atoms in total. The van der Waals surface area contributed by atoms with Gasteiger partial charge in [0.2, 0.25) is 0 Å². The second-order valence-corrected chi connectivity index (χ2v) is 5.24. The Morgan fingerprint density at radius 2 is 1.94 bits per heavy atom. The lowest BCUT2D eigenvalue weighted by Crippen LogP contribution is -2.50. The SMILES string of the molecule is CC(C)(C)C(NC(=O)OC1CCC1)C(=O)O. The molecule has 5 heteroatoms. The minimum Gasteiger partial charge on any atom is -0.480 e. The van der Waals surface area contributed by atoms with Gasteiger partial charge < -0.3 is 15.2 Å². The van der Waals surface area contributed by atoms with Crippen LogP contribution < -0.4 is 5.32 Å². The topological polar surface area (TPSA) is 75.6 Å². The summed E-state index contributed by atoms with van der Waals surface area (Å²) in [6.07, 6.45) is 2.16. The molecule has 1 rings (SSSR count). The van der Waals surface area contributed by atoms with Crippen LogP contribution in [0.1, 0.15) is 40.0 Å². The summed E-state index contributed by atoms with van der Waals surface area (Å²) in [5.74, 6) is -1.04. The Bertz CT molecular complexity index is 278. The van der Waals surface area contributed by atoms with Crippen LogP contribution in [0.2, 0.25) is 0 Å². The molecule has 0 aromatic heterocycles. The molecule has 1 atom stereocenters. The van der Waals surface area contributed by atoms with E-state index in [0.717, 1.165) is 19.3 Å². The van der Waals surface area contributed by atoms with E-state index in [4.69, 9.17) is 9.84 Å². The van der Waals surface area contributed by atoms with Crippen molar-refractivity contribution in [3.05, 3.63) is 0 Å². The van der Waals surface area contributed by atoms with Gasteiger partial charge >= 0.3 is 12.1 Å². The van der Waals surface area contributed by atoms with Gasteiger partial charge in [-0.05, 0) is 24.7 Å². The normalized spacial score (nSPS) is 18.4. The fourth-order valence-electron chi connectivity index (χ4n) is 1.44. The third-order valence-electron chi connectivity index (χ3n) is 2.70. The maximum absolute atomic E-state index is 11.4. The smallest absolute Gasteiger partial charge is 0.408 e. The second kappa shape index (κ2) is 4.72. The van der Waals surface area contributed by atoms with Crippen molar-refractivity contribution in [3.8, 4) is 0 Å². The predicted octanol–water partition coefficient (Wildman–Crippen LogP) is 1.76. The highest BCUT2D eigenvalue weighted by molar-refractivity contribution is 5.80. The zero-order chi connectivity index (χ0) is 12.3. The van der Waals surface area contributed by atoms with Crippen LogP contribution in [0, 0.1) is 5.41 Å². The third-order valence-corrected chi connectivity index (χ3v) is 2.70. The van der Waals surface area contributed by atoms with Gasteiger partial charge in [0.25, 0.3) is 0 Å². The Labute approximate surface area is 95.2 Å². The van der Waals surface area contributed by atoms with E-state index >= 15 is 0 Å². The molecule has 1 amide bonds. The molecule has 0 aliphatic heterocycles. The molecule has 0 aromatic carbocycles. The summed E-state index contributed by atoms with van der Waals surface area (Å²) in [5, 5.41) is 11.4. The van der Waals surface area contributed by atoms with Crippen LogP contribution in [0.5, 0.6) is 0 Å². The van der Waals surface area contributed by atoms with Gasteiger partial charge in [-0.15, -0.1) is 0 Å². The van der Waals surface area contributed by atoms with Crippen LogP contribution in [0.25, 0.3) is 0 Å². The Balaban J connectivity index is 2.47. The molecular formula is C11H19NO4. The fraction of sp³-hybridized carbons (Fsp3) is 0.818. The highest BCUT2D eigenvalue weighted by Gasteiger charge is 2.34. The van der Waals surface area contributed by atoms with E-state index in [9.17, 15) is 9.59 Å². The van der Waals surface area contributed by atoms with Crippen LogP contribution in [0.3, 0.4) is 0 Å². The summed E-state index contributed by atoms with van der Waals surface area (Å²) in [4.78, 5) is 22.4. The van der Waals surface area contributed by atoms with E-state index in [1.54, 1.807) is 20.8 Å². The molecule has 16 heavy (non-hydrogen) atoms. The summed E-state index contributed by atoms with van der Waals surface area (Å²) >= 11 is 0. The number of alkyl carbamates (subject to hydrolysis) is 1. The number of nitrogens with one attached hydrogen (secondary N) is 1. The predicted molar refractivity (Wildman–Crippen MR) is 58.1 cm³/mol. The van der Waals surface area contributed by atoms with Gasteiger partial charge in [-0.25, -0.2) is 9.59 Å². The second-order valence-electron chi connectivity index (χ2n) is 5.24. The molecular weight excluding hydrogens is 210 g/mol. The lowest BCUT2D eigenvalue weighted by atomic mass is 9.87. The van der Waals surface area contributed by atoms with E-state index < -0.39 is 23.5 Å². The molecule has 0 heterocycles. The molecule has 1 aliphatic carbocycles. The summed E-state index contributed by atoms with van der Waals surface area (Å²) in [5.41, 5.74) is -0.537. The number of carboxylic acid groups (broad SMARTS) is 1. The van der Waals surface area contributed by atoms with Crippen LogP contribution in [0.4, 0.5) is 4.79 Å². The molecule has 1 fully saturated rings. The first kappa shape index (κ1) is 12.8. The minimum absolute atomic E-state index is 0.0330. The summed E-state index contributed by atoms with van der Waals surface area (Å²) in [6, 6.07) is -0.930. The van der Waals surface area contributed by atoms with E-state index in [1.807, 2.05) is 0 Å². The van der Waals surface area contributed by atoms with Crippen LogP contribution in [0.15, 0.2) is 0 Å². The highest BCUT2D eigenvalue weighted by Crippen LogP contribution is 2.23. The molecule has 2 N–H and O–H groups in total. The van der Waals surface area contributed by atoms with Crippen molar-refractivity contribution in [1.82, 2.24) is 5.32 Å². The largest absolute Gasteiger partial charge is 0.480 e. The third kappa shape index (κ3) is 3.40. The molecule has 0 spiro atoms. The molecule has 0 saturated heterocycles. The molecule has 0 bridgehead atoms. The van der Waals surface area contributed by atoms with Crippen molar-refractivity contribution in [1.29, 1.82) is 0 Å². The Kier molecular flexibility index (Phi) is 3.78. The van der Waals surface area contributed by atoms with Gasteiger partial charge in [0.1, 0.15) is 12.1 Å². The summed E-state index contributed by atoms with van der Waals surface area (Å²) < 4.78 is 5.05. The van der Waals surface area contributed by atoms with Gasteiger partial charge in [0.15, 0.2) is 0 Å². The highest BCUT2D eigenvalue weighted by atomic mass is 16.6. The quantitative estimate of drug-likeness (QED) is 0.773. The number of amides is 1. The van der Waals surface area contributed by atoms with Crippen molar-refractivity contribution in [2.45, 2.75) is 52.2 Å². The number of carbonyl (C=O) groups excluding carboxylic acids is 1. The minimum atomic E-state index is -1.04. The van der Waals surface area contributed by atoms with Gasteiger partial charge in [0.05, 0.1) is 0 Å². The average molecular weight is 229 g/mol. The van der Waals surface area contributed by atoms with E-state index in [1.165, 1.54) is 0 Å². The number of carbonyl (C=O) groups is 2. The van der Waals surface area contributed by atoms with Crippen LogP contribution >= 0.6 is 0 Å². The lowest BCUT2D eigenvalue weighted by molar-refractivity contribution is -0.142. The molecule has 92 valence electrons. The number of carboxylic acids is 1. The first-order valence-corrected chi connectivity index (χ1v) is 5.50. The lowest BCUT2D eigenvalue weighted by Gasteiger charge is -2.30. The molecule has 0 radical (unpaired) electrons. The van der Waals surface area contributed by atoms with Crippen LogP contribution in [-0.2, 0) is 9.53 Å². The van der Waals surface area contributed by atoms with Crippen molar-refractivity contribution in [2.24, 2.45) is 5.41 Å². The number of hydrogen-bond acceptors (Lipinski definition) is 3. The summed E-state index contributed by atoms with van der Waals surface area (Å²) in [6.45, 7) is 5.28. The van der Waals surface area contributed by atoms with Crippen molar-refractivity contribution >= 4 is 12.1 Å². The van der Waals surface area contributed by atoms with Gasteiger partial charge in [0, 0.05) is 0 Å². The van der Waals surface area contributed by atoms with Crippen molar-refractivity contribution in [3.63, 3.8) is 0 Å². The van der Waals surface area contributed by atoms with E-state index in [0.29, 0.717) is 0 Å². The Morgan fingerprint density at radius 3 is 2.25 bits per heavy atom. The fourth-order valence-corrected chi connectivity index (χ4v) is 1.44. The Morgan fingerprint density at radius 1 is 1.38 bits per heavy atom. The number of ether oxygens (including phenoxy) is 1. The van der Waals surface area contributed by atoms with Gasteiger partial charge in [-0.1, -0.05) is 20.8 Å². The van der Waals surface area contributed by atoms with Crippen molar-refractivity contribution in [2.75, 3.05) is 0 Å². The van der Waals surface area contributed by atoms with Gasteiger partial charge in [-0.2, -0.15) is 0 Å². The molecule has 1 unspecified atom stereocenters. The Hall–Kier alpha value is -1.26. The average Bonchev–Trinajstić information content (AvgIpc) is 2.05. The zero-order valence-corrected chi connectivity index (χ0v) is 9.95. The monoisotopic (exact) mass is 229 g/mol. The summed E-state index contributed by atoms with van der Waals surface area (Å²) in [7, 11) is 0. The molecule has 0 aromatic rings. The van der Waals surface area contributed by atoms with Crippen LogP contribution in [-0.4, -0.2) is 29.3 Å². The molecule has 1 aliphatic rings. The standard InChI is InChI=1S/C11H19NO4/c1-11(2,3)8(9(13)14)12-10(15)16-7-5-4-6-7/h7-8H,4-6H2,1-3H3,(H,12,15)(H,13,14). The number of rotatable bonds is 3. The molecule has 1 saturated carbocycles. The zero-order valence-electron chi connectivity index (χ0n) is 9.95. The first-order valence-electron chi connectivity index (χ1n) is 5.50. The van der Waals surface area contributed by atoms with E-state index in [-0.39, 0.29) is 6.10 Å². The maximum atomic E-state index is 11.4. The number of aliphatic carboxylic acids is 1. The van der Waals surface area contributed by atoms with Crippen molar-refractivity contribution < 1.29 is 19.4 Å².